The summed E-state index contributed by atoms with van der Waals surface area (Å²) >= 11 is 0. The van der Waals surface area contributed by atoms with Gasteiger partial charge in [0.05, 0.1) is 5.69 Å². The van der Waals surface area contributed by atoms with Crippen molar-refractivity contribution in [2.24, 2.45) is 4.99 Å². The number of hydrogen-bond acceptors (Lipinski definition) is 2. The molecule has 3 aromatic rings. The molecule has 0 saturated heterocycles. The van der Waals surface area contributed by atoms with Crippen LogP contribution in [-0.4, -0.2) is 11.3 Å². The summed E-state index contributed by atoms with van der Waals surface area (Å²) in [5.74, 6) is 1.09. The minimum atomic E-state index is 0. The first-order valence-electron chi connectivity index (χ1n) is 9.53. The molecule has 1 N–H and O–H groups in total. The van der Waals surface area contributed by atoms with Gasteiger partial charge in [0.15, 0.2) is 0 Å². The van der Waals surface area contributed by atoms with Crippen molar-refractivity contribution >= 4 is 11.9 Å². The van der Waals surface area contributed by atoms with Gasteiger partial charge in [-0.1, -0.05) is 65.0 Å². The van der Waals surface area contributed by atoms with Crippen molar-refractivity contribution < 1.29 is 51.6 Å². The number of halogens is 2. The molecule has 30 heavy (non-hydrogen) atoms. The number of phenolic OH excluding ortho intramolecular Hbond substituents is 1. The summed E-state index contributed by atoms with van der Waals surface area (Å²) in [5.41, 5.74) is 5.60. The van der Waals surface area contributed by atoms with E-state index in [0.29, 0.717) is 11.8 Å². The zero-order valence-corrected chi connectivity index (χ0v) is 21.3. The van der Waals surface area contributed by atoms with Crippen molar-refractivity contribution in [1.82, 2.24) is 0 Å². The summed E-state index contributed by atoms with van der Waals surface area (Å²) in [6.07, 6.45) is 1.75. The molecule has 3 rings (SSSR count). The van der Waals surface area contributed by atoms with Crippen LogP contribution in [-0.2, 0) is 21.7 Å². The molecule has 0 fully saturated rings. The van der Waals surface area contributed by atoms with Gasteiger partial charge in [0.2, 0.25) is 0 Å². The molecule has 5 heteroatoms. The number of nitrogens with zero attached hydrogens (tertiary/aromatic N) is 1. The standard InChI is InChI=1S/C19H23NO.C6H7.2ClH.Ti/c1-13(2)16-9-7-10-17(14(3)4)19(16)20-12-15-8-5-6-11-18(15)21;1-6-4-2-3-5-6;;;/h5-14,21H,1-4H3;2-5H,1H3;2*1H;/q;-1;;;+3/p-2. The first kappa shape index (κ1) is 30.7. The van der Waals surface area contributed by atoms with Gasteiger partial charge in [0.1, 0.15) is 5.75 Å². The Labute approximate surface area is 208 Å². The number of aryl methyl sites for hydroxylation is 1. The number of benzene rings is 2. The number of aromatic hydroxyl groups is 1. The quantitative estimate of drug-likeness (QED) is 0.340. The van der Waals surface area contributed by atoms with Crippen LogP contribution in [0.15, 0.2) is 71.7 Å². The Morgan fingerprint density at radius 2 is 1.30 bits per heavy atom. The van der Waals surface area contributed by atoms with Crippen LogP contribution in [0, 0.1) is 6.92 Å². The summed E-state index contributed by atoms with van der Waals surface area (Å²) in [6.45, 7) is 10.8. The molecule has 0 amide bonds. The number of phenols is 1. The van der Waals surface area contributed by atoms with Crippen molar-refractivity contribution in [1.29, 1.82) is 0 Å². The van der Waals surface area contributed by atoms with Crippen LogP contribution < -0.4 is 24.8 Å². The van der Waals surface area contributed by atoms with Crippen molar-refractivity contribution in [3.8, 4) is 5.75 Å². The maximum absolute atomic E-state index is 9.85. The Morgan fingerprint density at radius 3 is 1.70 bits per heavy atom. The van der Waals surface area contributed by atoms with E-state index in [1.54, 1.807) is 12.3 Å². The van der Waals surface area contributed by atoms with Crippen LogP contribution in [0.3, 0.4) is 0 Å². The third-order valence-electron chi connectivity index (χ3n) is 4.44. The van der Waals surface area contributed by atoms with Gasteiger partial charge < -0.3 is 29.9 Å². The minimum absolute atomic E-state index is 0. The first-order valence-corrected chi connectivity index (χ1v) is 9.53. The van der Waals surface area contributed by atoms with Gasteiger partial charge in [-0.15, -0.1) is 0 Å². The Morgan fingerprint density at radius 1 is 0.800 bits per heavy atom. The van der Waals surface area contributed by atoms with E-state index >= 15 is 0 Å². The largest absolute Gasteiger partial charge is 3.00 e. The molecule has 3 aromatic carbocycles. The average Bonchev–Trinajstić information content (AvgIpc) is 3.12. The third kappa shape index (κ3) is 9.14. The molecule has 159 valence electrons. The van der Waals surface area contributed by atoms with E-state index in [1.165, 1.54) is 16.7 Å². The topological polar surface area (TPSA) is 32.6 Å². The van der Waals surface area contributed by atoms with Crippen LogP contribution in [0.25, 0.3) is 0 Å². The molecular formula is C25H30Cl2NOTi. The van der Waals surface area contributed by atoms with Crippen molar-refractivity contribution in [2.75, 3.05) is 0 Å². The summed E-state index contributed by atoms with van der Waals surface area (Å²) < 4.78 is 0. The van der Waals surface area contributed by atoms with Gasteiger partial charge in [0, 0.05) is 11.8 Å². The molecule has 0 aliphatic heterocycles. The summed E-state index contributed by atoms with van der Waals surface area (Å²) in [5, 5.41) is 9.85. The molecule has 0 bridgehead atoms. The number of para-hydroxylation sites is 2. The minimum Gasteiger partial charge on any atom is -1.00 e. The molecule has 0 unspecified atom stereocenters. The van der Waals surface area contributed by atoms with Crippen molar-refractivity contribution in [3.63, 3.8) is 0 Å². The predicted octanol–water partition coefficient (Wildman–Crippen LogP) is 1.11. The molecular weight excluding hydrogens is 449 g/mol. The van der Waals surface area contributed by atoms with Crippen LogP contribution in [0.4, 0.5) is 5.69 Å². The van der Waals surface area contributed by atoms with E-state index in [4.69, 9.17) is 4.99 Å². The molecule has 0 spiro atoms. The van der Waals surface area contributed by atoms with Gasteiger partial charge in [0.25, 0.3) is 0 Å². The van der Waals surface area contributed by atoms with Crippen LogP contribution in [0.5, 0.6) is 5.75 Å². The molecule has 0 heterocycles. The fraction of sp³-hybridized carbons (Fsp3) is 0.280. The van der Waals surface area contributed by atoms with Gasteiger partial charge in [-0.25, -0.2) is 12.1 Å². The molecule has 0 atom stereocenters. The average molecular weight is 479 g/mol. The second kappa shape index (κ2) is 15.4. The fourth-order valence-corrected chi connectivity index (χ4v) is 2.86. The summed E-state index contributed by atoms with van der Waals surface area (Å²) in [7, 11) is 0. The van der Waals surface area contributed by atoms with Gasteiger partial charge >= 0.3 is 21.7 Å². The predicted molar refractivity (Wildman–Crippen MR) is 117 cm³/mol. The van der Waals surface area contributed by atoms with E-state index in [-0.39, 0.29) is 52.3 Å². The number of hydrogen-bond donors (Lipinski definition) is 1. The van der Waals surface area contributed by atoms with Gasteiger partial charge in [-0.2, -0.15) is 17.7 Å². The van der Waals surface area contributed by atoms with E-state index in [0.717, 1.165) is 11.3 Å². The number of rotatable bonds is 4. The fourth-order valence-electron chi connectivity index (χ4n) is 2.86. The van der Waals surface area contributed by atoms with Gasteiger partial charge in [-0.05, 0) is 35.1 Å². The van der Waals surface area contributed by atoms with E-state index in [1.807, 2.05) is 30.3 Å². The van der Waals surface area contributed by atoms with Crippen LogP contribution >= 0.6 is 0 Å². The van der Waals surface area contributed by atoms with E-state index < -0.39 is 0 Å². The Hall–Kier alpha value is -1.45. The molecule has 1 radical (unpaired) electrons. The summed E-state index contributed by atoms with van der Waals surface area (Å²) in [6, 6.07) is 21.9. The zero-order valence-electron chi connectivity index (χ0n) is 18.2. The molecule has 0 aliphatic rings. The zero-order chi connectivity index (χ0) is 19.8. The SMILES string of the molecule is CC(C)c1cccc(C(C)C)c1N=Cc1ccccc1O.C[c-]1cccc1.[Cl-].[Cl-].[Ti+3]. The maximum Gasteiger partial charge on any atom is 3.00 e. The second-order valence-corrected chi connectivity index (χ2v) is 7.37. The molecule has 0 saturated carbocycles. The second-order valence-electron chi connectivity index (χ2n) is 7.37. The Bertz CT molecular complexity index is 848. The van der Waals surface area contributed by atoms with E-state index in [9.17, 15) is 5.11 Å². The third-order valence-corrected chi connectivity index (χ3v) is 4.44. The number of aliphatic imine (C=N–C) groups is 1. The molecule has 2 nitrogen and oxygen atoms in total. The maximum atomic E-state index is 9.85. The normalized spacial score (nSPS) is 9.97. The van der Waals surface area contributed by atoms with Crippen molar-refractivity contribution in [2.45, 2.75) is 46.5 Å². The summed E-state index contributed by atoms with van der Waals surface area (Å²) in [4.78, 5) is 4.69. The Kier molecular flexibility index (Phi) is 15.8. The molecule has 0 aliphatic carbocycles. The van der Waals surface area contributed by atoms with Crippen LogP contribution in [0.1, 0.15) is 61.8 Å². The van der Waals surface area contributed by atoms with Crippen molar-refractivity contribution in [3.05, 3.63) is 89.0 Å². The van der Waals surface area contributed by atoms with Gasteiger partial charge in [-0.3, -0.25) is 4.99 Å². The Balaban J connectivity index is 0. The molecule has 0 aromatic heterocycles. The monoisotopic (exact) mass is 478 g/mol. The smallest absolute Gasteiger partial charge is 1.00 e. The first-order chi connectivity index (χ1) is 12.9. The van der Waals surface area contributed by atoms with E-state index in [2.05, 4.69) is 65.0 Å². The van der Waals surface area contributed by atoms with Crippen LogP contribution in [0.2, 0.25) is 0 Å².